The molecular formula is C18H24N4O3. The molecule has 134 valence electrons. The van der Waals surface area contributed by atoms with Gasteiger partial charge in [-0.2, -0.15) is 0 Å². The van der Waals surface area contributed by atoms with Crippen LogP contribution in [0.4, 0.5) is 0 Å². The Kier molecular flexibility index (Phi) is 4.49. The molecule has 3 heterocycles. The molecule has 7 heteroatoms. The van der Waals surface area contributed by atoms with Gasteiger partial charge in [0.2, 0.25) is 5.91 Å². The molecule has 0 bridgehead atoms. The van der Waals surface area contributed by atoms with Gasteiger partial charge in [-0.25, -0.2) is 4.98 Å². The van der Waals surface area contributed by atoms with E-state index < -0.39 is 6.04 Å². The highest BCUT2D eigenvalue weighted by atomic mass is 16.5. The molecule has 1 fully saturated rings. The van der Waals surface area contributed by atoms with Crippen molar-refractivity contribution in [2.45, 2.75) is 45.6 Å². The molecule has 0 radical (unpaired) electrons. The number of nitrogens with zero attached hydrogens (tertiary/aromatic N) is 4. The fourth-order valence-corrected chi connectivity index (χ4v) is 3.30. The van der Waals surface area contributed by atoms with Crippen molar-refractivity contribution in [1.82, 2.24) is 19.9 Å². The van der Waals surface area contributed by atoms with E-state index in [4.69, 9.17) is 4.52 Å². The summed E-state index contributed by atoms with van der Waals surface area (Å²) in [4.78, 5) is 33.4. The van der Waals surface area contributed by atoms with Crippen LogP contribution in [0.3, 0.4) is 0 Å². The molecule has 2 aromatic heterocycles. The zero-order valence-electron chi connectivity index (χ0n) is 15.4. The van der Waals surface area contributed by atoms with E-state index in [-0.39, 0.29) is 17.7 Å². The Morgan fingerprint density at radius 1 is 1.36 bits per heavy atom. The zero-order chi connectivity index (χ0) is 18.3. The van der Waals surface area contributed by atoms with Crippen molar-refractivity contribution in [3.05, 3.63) is 23.0 Å². The van der Waals surface area contributed by atoms with Gasteiger partial charge in [0.15, 0.2) is 0 Å². The van der Waals surface area contributed by atoms with Gasteiger partial charge in [-0.15, -0.1) is 0 Å². The van der Waals surface area contributed by atoms with Gasteiger partial charge >= 0.3 is 0 Å². The quantitative estimate of drug-likeness (QED) is 0.854. The largest absolute Gasteiger partial charge is 0.347 e. The van der Waals surface area contributed by atoms with Crippen molar-refractivity contribution in [2.75, 3.05) is 20.6 Å². The first-order valence-corrected chi connectivity index (χ1v) is 8.60. The van der Waals surface area contributed by atoms with Crippen LogP contribution in [-0.4, -0.2) is 58.4 Å². The summed E-state index contributed by atoms with van der Waals surface area (Å²) in [6.07, 6.45) is 1.51. The maximum Gasteiger partial charge on any atom is 0.259 e. The number of aromatic nitrogens is 2. The third kappa shape index (κ3) is 2.99. The predicted molar refractivity (Wildman–Crippen MR) is 93.4 cm³/mol. The molecule has 1 aliphatic rings. The van der Waals surface area contributed by atoms with Crippen LogP contribution in [0.2, 0.25) is 0 Å². The summed E-state index contributed by atoms with van der Waals surface area (Å²) < 4.78 is 5.30. The lowest BCUT2D eigenvalue weighted by Crippen LogP contribution is -2.45. The molecule has 1 unspecified atom stereocenters. The van der Waals surface area contributed by atoms with E-state index in [2.05, 4.69) is 10.1 Å². The lowest BCUT2D eigenvalue weighted by molar-refractivity contribution is -0.132. The molecule has 3 rings (SSSR count). The van der Waals surface area contributed by atoms with Gasteiger partial charge in [0.1, 0.15) is 6.04 Å². The first kappa shape index (κ1) is 17.4. The minimum Gasteiger partial charge on any atom is -0.347 e. The highest BCUT2D eigenvalue weighted by Gasteiger charge is 2.36. The molecule has 2 aromatic rings. The Morgan fingerprint density at radius 2 is 2.08 bits per heavy atom. The van der Waals surface area contributed by atoms with Crippen LogP contribution in [0, 0.1) is 6.92 Å². The van der Waals surface area contributed by atoms with Crippen LogP contribution in [0.25, 0.3) is 11.1 Å². The van der Waals surface area contributed by atoms with Gasteiger partial charge in [-0.1, -0.05) is 19.0 Å². The van der Waals surface area contributed by atoms with E-state index in [0.29, 0.717) is 35.3 Å². The van der Waals surface area contributed by atoms with Gasteiger partial charge in [-0.3, -0.25) is 9.59 Å². The Labute approximate surface area is 147 Å². The molecule has 7 nitrogen and oxygen atoms in total. The predicted octanol–water partition coefficient (Wildman–Crippen LogP) is 2.35. The van der Waals surface area contributed by atoms with E-state index in [1.807, 2.05) is 19.9 Å². The molecule has 0 saturated carbocycles. The number of likely N-dealkylation sites (N-methyl/N-ethyl adjacent to an activating group) is 1. The molecule has 25 heavy (non-hydrogen) atoms. The summed E-state index contributed by atoms with van der Waals surface area (Å²) in [6, 6.07) is 1.41. The molecule has 0 N–H and O–H groups in total. The fourth-order valence-electron chi connectivity index (χ4n) is 3.30. The summed E-state index contributed by atoms with van der Waals surface area (Å²) in [5.41, 5.74) is 2.31. The summed E-state index contributed by atoms with van der Waals surface area (Å²) >= 11 is 0. The van der Waals surface area contributed by atoms with Crippen molar-refractivity contribution in [2.24, 2.45) is 0 Å². The number of likely N-dealkylation sites (tertiary alicyclic amines) is 1. The maximum absolute atomic E-state index is 13.3. The smallest absolute Gasteiger partial charge is 0.259 e. The maximum atomic E-state index is 13.3. The van der Waals surface area contributed by atoms with Gasteiger partial charge in [0.25, 0.3) is 11.6 Å². The Hall–Kier alpha value is -2.44. The average Bonchev–Trinajstić information content (AvgIpc) is 3.19. The van der Waals surface area contributed by atoms with Crippen LogP contribution in [-0.2, 0) is 4.79 Å². The summed E-state index contributed by atoms with van der Waals surface area (Å²) in [7, 11) is 3.43. The second-order valence-electron chi connectivity index (χ2n) is 7.09. The highest BCUT2D eigenvalue weighted by molar-refractivity contribution is 6.07. The van der Waals surface area contributed by atoms with E-state index >= 15 is 0 Å². The van der Waals surface area contributed by atoms with Crippen molar-refractivity contribution >= 4 is 22.9 Å². The van der Waals surface area contributed by atoms with Crippen LogP contribution < -0.4 is 0 Å². The van der Waals surface area contributed by atoms with Crippen LogP contribution in [0.1, 0.15) is 54.4 Å². The third-order valence-corrected chi connectivity index (χ3v) is 4.70. The lowest BCUT2D eigenvalue weighted by Gasteiger charge is -2.26. The summed E-state index contributed by atoms with van der Waals surface area (Å²) in [5.74, 6) is -0.0419. The minimum absolute atomic E-state index is 0.0396. The topological polar surface area (TPSA) is 79.5 Å². The van der Waals surface area contributed by atoms with Crippen LogP contribution >= 0.6 is 0 Å². The number of carbonyl (C=O) groups excluding carboxylic acids is 2. The normalized spacial score (nSPS) is 17.5. The zero-order valence-corrected chi connectivity index (χ0v) is 15.4. The second-order valence-corrected chi connectivity index (χ2v) is 7.09. The second kappa shape index (κ2) is 6.46. The molecule has 1 saturated heterocycles. The number of carbonyl (C=O) groups is 2. The Balaban J connectivity index is 2.07. The monoisotopic (exact) mass is 344 g/mol. The number of hydrogen-bond donors (Lipinski definition) is 0. The standard InChI is InChI=1S/C18H24N4O3/c1-10(2)13-9-12(15-11(3)20-25-16(15)19-13)17(23)22-8-6-7-14(22)18(24)21(4)5/h9-10,14H,6-8H2,1-5H3. The van der Waals surface area contributed by atoms with Gasteiger partial charge in [0, 0.05) is 26.3 Å². The third-order valence-electron chi connectivity index (χ3n) is 4.70. The molecule has 1 aliphatic heterocycles. The van der Waals surface area contributed by atoms with E-state index in [1.54, 1.807) is 30.8 Å². The van der Waals surface area contributed by atoms with Crippen molar-refractivity contribution < 1.29 is 14.1 Å². The van der Waals surface area contributed by atoms with Crippen LogP contribution in [0.15, 0.2) is 10.6 Å². The number of rotatable bonds is 3. The molecule has 0 spiro atoms. The van der Waals surface area contributed by atoms with Crippen LogP contribution in [0.5, 0.6) is 0 Å². The van der Waals surface area contributed by atoms with Crippen molar-refractivity contribution in [1.29, 1.82) is 0 Å². The number of amides is 2. The first-order valence-electron chi connectivity index (χ1n) is 8.60. The number of pyridine rings is 1. The first-order chi connectivity index (χ1) is 11.8. The van der Waals surface area contributed by atoms with E-state index in [1.165, 1.54) is 0 Å². The molecule has 2 amide bonds. The average molecular weight is 344 g/mol. The fraction of sp³-hybridized carbons (Fsp3) is 0.556. The van der Waals surface area contributed by atoms with Gasteiger partial charge in [-0.05, 0) is 31.7 Å². The molecular weight excluding hydrogens is 320 g/mol. The molecule has 0 aliphatic carbocycles. The van der Waals surface area contributed by atoms with Gasteiger partial charge in [0.05, 0.1) is 16.6 Å². The SMILES string of the molecule is Cc1noc2nc(C(C)C)cc(C(=O)N3CCCC3C(=O)N(C)C)c12. The van der Waals surface area contributed by atoms with Gasteiger partial charge < -0.3 is 14.3 Å². The summed E-state index contributed by atoms with van der Waals surface area (Å²) in [6.45, 7) is 6.40. The highest BCUT2D eigenvalue weighted by Crippen LogP contribution is 2.29. The Bertz CT molecular complexity index is 825. The number of fused-ring (bicyclic) bond motifs is 1. The number of aryl methyl sites for hydroxylation is 1. The number of hydrogen-bond acceptors (Lipinski definition) is 5. The molecule has 0 aromatic carbocycles. The molecule has 1 atom stereocenters. The van der Waals surface area contributed by atoms with E-state index in [0.717, 1.165) is 12.1 Å². The summed E-state index contributed by atoms with van der Waals surface area (Å²) in [5, 5.41) is 4.60. The van der Waals surface area contributed by atoms with E-state index in [9.17, 15) is 9.59 Å². The minimum atomic E-state index is -0.409. The van der Waals surface area contributed by atoms with Crippen molar-refractivity contribution in [3.63, 3.8) is 0 Å². The lowest BCUT2D eigenvalue weighted by atomic mass is 10.0. The van der Waals surface area contributed by atoms with Crippen molar-refractivity contribution in [3.8, 4) is 0 Å². The Morgan fingerprint density at radius 3 is 2.72 bits per heavy atom.